The van der Waals surface area contributed by atoms with Gasteiger partial charge in [0.2, 0.25) is 0 Å². The topological polar surface area (TPSA) is 16.1 Å². The van der Waals surface area contributed by atoms with Gasteiger partial charge in [0, 0.05) is 31.2 Å². The predicted octanol–water partition coefficient (Wildman–Crippen LogP) is 1.93. The van der Waals surface area contributed by atoms with Gasteiger partial charge < -0.3 is 4.90 Å². The van der Waals surface area contributed by atoms with Gasteiger partial charge in [0.05, 0.1) is 0 Å². The molecule has 0 amide bonds. The fourth-order valence-corrected chi connectivity index (χ4v) is 1.72. The number of anilines is 1. The minimum atomic E-state index is 0.846. The normalized spacial score (nSPS) is 23.1. The van der Waals surface area contributed by atoms with Crippen molar-refractivity contribution in [2.75, 3.05) is 18.0 Å². The van der Waals surface area contributed by atoms with Crippen LogP contribution in [0.3, 0.4) is 0 Å². The van der Waals surface area contributed by atoms with E-state index in [9.17, 15) is 0 Å². The SMILES string of the molecule is CC1CCN(c2ccncc2)C1. The lowest BCUT2D eigenvalue weighted by Gasteiger charge is -2.17. The number of rotatable bonds is 1. The first-order chi connectivity index (χ1) is 5.86. The zero-order valence-corrected chi connectivity index (χ0v) is 7.40. The number of nitrogens with zero attached hydrogens (tertiary/aromatic N) is 2. The molecule has 0 bridgehead atoms. The molecule has 1 aliphatic heterocycles. The van der Waals surface area contributed by atoms with E-state index < -0.39 is 0 Å². The first-order valence-electron chi connectivity index (χ1n) is 4.51. The number of hydrogen-bond donors (Lipinski definition) is 0. The summed E-state index contributed by atoms with van der Waals surface area (Å²) in [5, 5.41) is 0. The maximum absolute atomic E-state index is 4.01. The summed E-state index contributed by atoms with van der Waals surface area (Å²) in [7, 11) is 0. The summed E-state index contributed by atoms with van der Waals surface area (Å²) in [6.07, 6.45) is 5.04. The second-order valence-electron chi connectivity index (χ2n) is 3.55. The molecule has 0 spiro atoms. The maximum Gasteiger partial charge on any atom is 0.0397 e. The third kappa shape index (κ3) is 1.42. The molecule has 2 heterocycles. The monoisotopic (exact) mass is 162 g/mol. The van der Waals surface area contributed by atoms with Crippen molar-refractivity contribution < 1.29 is 0 Å². The first kappa shape index (κ1) is 7.59. The Balaban J connectivity index is 2.11. The molecule has 0 aliphatic carbocycles. The van der Waals surface area contributed by atoms with Crippen LogP contribution in [0.2, 0.25) is 0 Å². The fourth-order valence-electron chi connectivity index (χ4n) is 1.72. The van der Waals surface area contributed by atoms with Crippen LogP contribution >= 0.6 is 0 Å². The lowest BCUT2D eigenvalue weighted by Crippen LogP contribution is -2.18. The molecule has 0 radical (unpaired) electrons. The summed E-state index contributed by atoms with van der Waals surface area (Å²) in [6.45, 7) is 4.70. The number of aromatic nitrogens is 1. The van der Waals surface area contributed by atoms with E-state index in [2.05, 4.69) is 28.9 Å². The third-order valence-electron chi connectivity index (χ3n) is 2.45. The third-order valence-corrected chi connectivity index (χ3v) is 2.45. The molecule has 1 atom stereocenters. The molecule has 12 heavy (non-hydrogen) atoms. The summed E-state index contributed by atoms with van der Waals surface area (Å²) in [5.41, 5.74) is 1.31. The van der Waals surface area contributed by atoms with Crippen molar-refractivity contribution in [2.45, 2.75) is 13.3 Å². The molecule has 64 valence electrons. The Bertz CT molecular complexity index is 245. The van der Waals surface area contributed by atoms with Crippen LogP contribution in [0.25, 0.3) is 0 Å². The van der Waals surface area contributed by atoms with Crippen LogP contribution in [0.1, 0.15) is 13.3 Å². The second kappa shape index (κ2) is 3.13. The largest absolute Gasteiger partial charge is 0.371 e. The predicted molar refractivity (Wildman–Crippen MR) is 50.2 cm³/mol. The van der Waals surface area contributed by atoms with Crippen molar-refractivity contribution in [3.8, 4) is 0 Å². The minimum Gasteiger partial charge on any atom is -0.371 e. The van der Waals surface area contributed by atoms with Crippen LogP contribution in [0.4, 0.5) is 5.69 Å². The highest BCUT2D eigenvalue weighted by Gasteiger charge is 2.18. The van der Waals surface area contributed by atoms with Crippen molar-refractivity contribution >= 4 is 5.69 Å². The Morgan fingerprint density at radius 1 is 1.42 bits per heavy atom. The van der Waals surface area contributed by atoms with E-state index in [1.54, 1.807) is 0 Å². The van der Waals surface area contributed by atoms with Gasteiger partial charge in [-0.3, -0.25) is 4.98 Å². The summed E-state index contributed by atoms with van der Waals surface area (Å²) < 4.78 is 0. The van der Waals surface area contributed by atoms with Gasteiger partial charge in [0.15, 0.2) is 0 Å². The standard InChI is InChI=1S/C10H14N2/c1-9-4-7-12(8-9)10-2-5-11-6-3-10/h2-3,5-6,9H,4,7-8H2,1H3. The molecular weight excluding hydrogens is 148 g/mol. The fraction of sp³-hybridized carbons (Fsp3) is 0.500. The van der Waals surface area contributed by atoms with Crippen LogP contribution in [-0.4, -0.2) is 18.1 Å². The van der Waals surface area contributed by atoms with Crippen LogP contribution in [0.15, 0.2) is 24.5 Å². The minimum absolute atomic E-state index is 0.846. The van der Waals surface area contributed by atoms with E-state index in [0.717, 1.165) is 5.92 Å². The molecule has 1 fully saturated rings. The molecule has 1 aromatic heterocycles. The van der Waals surface area contributed by atoms with Gasteiger partial charge in [-0.15, -0.1) is 0 Å². The van der Waals surface area contributed by atoms with E-state index in [1.807, 2.05) is 12.4 Å². The highest BCUT2D eigenvalue weighted by atomic mass is 15.1. The van der Waals surface area contributed by atoms with Gasteiger partial charge >= 0.3 is 0 Å². The van der Waals surface area contributed by atoms with Gasteiger partial charge in [-0.2, -0.15) is 0 Å². The average Bonchev–Trinajstić information content (AvgIpc) is 2.54. The van der Waals surface area contributed by atoms with Gasteiger partial charge in [-0.05, 0) is 24.5 Å². The van der Waals surface area contributed by atoms with Crippen LogP contribution in [0, 0.1) is 5.92 Å². The van der Waals surface area contributed by atoms with Gasteiger partial charge in [-0.25, -0.2) is 0 Å². The van der Waals surface area contributed by atoms with Crippen molar-refractivity contribution in [1.82, 2.24) is 4.98 Å². The molecule has 2 heteroatoms. The molecule has 2 nitrogen and oxygen atoms in total. The second-order valence-corrected chi connectivity index (χ2v) is 3.55. The van der Waals surface area contributed by atoms with Crippen molar-refractivity contribution in [3.05, 3.63) is 24.5 Å². The average molecular weight is 162 g/mol. The molecule has 1 saturated heterocycles. The van der Waals surface area contributed by atoms with Gasteiger partial charge in [0.1, 0.15) is 0 Å². The van der Waals surface area contributed by atoms with Crippen LogP contribution < -0.4 is 4.90 Å². The Morgan fingerprint density at radius 3 is 2.75 bits per heavy atom. The maximum atomic E-state index is 4.01. The van der Waals surface area contributed by atoms with E-state index in [-0.39, 0.29) is 0 Å². The summed E-state index contributed by atoms with van der Waals surface area (Å²) in [5.74, 6) is 0.846. The molecule has 0 N–H and O–H groups in total. The Labute approximate surface area is 73.2 Å². The van der Waals surface area contributed by atoms with Crippen LogP contribution in [-0.2, 0) is 0 Å². The quantitative estimate of drug-likeness (QED) is 0.627. The van der Waals surface area contributed by atoms with Crippen molar-refractivity contribution in [2.24, 2.45) is 5.92 Å². The van der Waals surface area contributed by atoms with Crippen molar-refractivity contribution in [3.63, 3.8) is 0 Å². The molecule has 1 aromatic rings. The van der Waals surface area contributed by atoms with E-state index in [0.29, 0.717) is 0 Å². The smallest absolute Gasteiger partial charge is 0.0397 e. The van der Waals surface area contributed by atoms with E-state index >= 15 is 0 Å². The molecule has 1 unspecified atom stereocenters. The first-order valence-corrected chi connectivity index (χ1v) is 4.51. The lowest BCUT2D eigenvalue weighted by atomic mass is 10.2. The molecular formula is C10H14N2. The molecule has 0 saturated carbocycles. The Hall–Kier alpha value is -1.05. The van der Waals surface area contributed by atoms with Crippen LogP contribution in [0.5, 0.6) is 0 Å². The van der Waals surface area contributed by atoms with Gasteiger partial charge in [0.25, 0.3) is 0 Å². The summed E-state index contributed by atoms with van der Waals surface area (Å²) in [4.78, 5) is 6.43. The number of hydrogen-bond acceptors (Lipinski definition) is 2. The number of pyridine rings is 1. The van der Waals surface area contributed by atoms with Gasteiger partial charge in [-0.1, -0.05) is 6.92 Å². The Morgan fingerprint density at radius 2 is 2.17 bits per heavy atom. The van der Waals surface area contributed by atoms with Crippen molar-refractivity contribution in [1.29, 1.82) is 0 Å². The molecule has 0 aromatic carbocycles. The van der Waals surface area contributed by atoms with E-state index in [4.69, 9.17) is 0 Å². The molecule has 1 aliphatic rings. The van der Waals surface area contributed by atoms with E-state index in [1.165, 1.54) is 25.2 Å². The summed E-state index contributed by atoms with van der Waals surface area (Å²) >= 11 is 0. The lowest BCUT2D eigenvalue weighted by molar-refractivity contribution is 0.659. The summed E-state index contributed by atoms with van der Waals surface area (Å²) in [6, 6.07) is 4.16. The highest BCUT2D eigenvalue weighted by molar-refractivity contribution is 5.45. The zero-order valence-electron chi connectivity index (χ0n) is 7.40. The molecule has 2 rings (SSSR count). The Kier molecular flexibility index (Phi) is 1.98. The zero-order chi connectivity index (χ0) is 8.39. The highest BCUT2D eigenvalue weighted by Crippen LogP contribution is 2.21.